The Bertz CT molecular complexity index is 893. The monoisotopic (exact) mass is 382 g/mol. The average Bonchev–Trinajstić information content (AvgIpc) is 3.32. The molecule has 130 valence electrons. The Morgan fingerprint density at radius 2 is 1.36 bits per heavy atom. The molecule has 0 unspecified atom stereocenters. The molecule has 0 saturated carbocycles. The molecule has 0 saturated heterocycles. The summed E-state index contributed by atoms with van der Waals surface area (Å²) in [6, 6.07) is 23.6. The van der Waals surface area contributed by atoms with E-state index in [0.29, 0.717) is 0 Å². The van der Waals surface area contributed by atoms with Crippen LogP contribution in [0.25, 0.3) is 20.2 Å². The van der Waals surface area contributed by atoms with Crippen LogP contribution in [0.1, 0.15) is 20.8 Å². The van der Waals surface area contributed by atoms with Crippen LogP contribution in [0.15, 0.2) is 65.4 Å². The summed E-state index contributed by atoms with van der Waals surface area (Å²) in [5, 5.41) is 9.14. The highest BCUT2D eigenvalue weighted by molar-refractivity contribution is 7.19. The minimum atomic E-state index is -1.20. The summed E-state index contributed by atoms with van der Waals surface area (Å²) in [4.78, 5) is 0. The summed E-state index contributed by atoms with van der Waals surface area (Å²) in [5.74, 6) is 0. The van der Waals surface area contributed by atoms with Gasteiger partial charge in [0.1, 0.15) is 0 Å². The number of hydrogen-bond donors (Lipinski definition) is 0. The summed E-state index contributed by atoms with van der Waals surface area (Å²) in [6.07, 6.45) is 0. The lowest BCUT2D eigenvalue weighted by atomic mass is 10.3. The first-order chi connectivity index (χ1) is 12.2. The normalized spacial score (nSPS) is 11.5. The first kappa shape index (κ1) is 18.4. The van der Waals surface area contributed by atoms with Gasteiger partial charge in [-0.2, -0.15) is 0 Å². The van der Waals surface area contributed by atoms with Gasteiger partial charge in [0.15, 0.2) is 0 Å². The molecule has 0 aliphatic heterocycles. The number of hydrogen-bond acceptors (Lipinski definition) is 2. The lowest BCUT2D eigenvalue weighted by molar-refractivity contribution is 1.20. The number of benzene rings is 2. The molecular weight excluding hydrogens is 356 g/mol. The van der Waals surface area contributed by atoms with Crippen molar-refractivity contribution in [1.82, 2.24) is 0 Å². The van der Waals surface area contributed by atoms with Crippen molar-refractivity contribution in [2.24, 2.45) is 0 Å². The van der Waals surface area contributed by atoms with Crippen molar-refractivity contribution in [3.63, 3.8) is 0 Å². The summed E-state index contributed by atoms with van der Waals surface area (Å²) >= 11 is 3.71. The van der Waals surface area contributed by atoms with E-state index >= 15 is 0 Å². The van der Waals surface area contributed by atoms with Crippen LogP contribution in [0.5, 0.6) is 0 Å². The molecule has 0 aliphatic carbocycles. The van der Waals surface area contributed by atoms with Gasteiger partial charge in [0.05, 0.1) is 8.07 Å². The second-order valence-corrected chi connectivity index (χ2v) is 13.5. The van der Waals surface area contributed by atoms with Crippen LogP contribution in [-0.4, -0.2) is 8.07 Å². The van der Waals surface area contributed by atoms with Gasteiger partial charge >= 0.3 is 0 Å². The van der Waals surface area contributed by atoms with Gasteiger partial charge in [0, 0.05) is 9.40 Å². The molecule has 2 heterocycles. The molecule has 2 aromatic carbocycles. The second-order valence-electron chi connectivity index (χ2n) is 6.44. The maximum absolute atomic E-state index is 2.44. The van der Waals surface area contributed by atoms with E-state index in [4.69, 9.17) is 0 Å². The van der Waals surface area contributed by atoms with Gasteiger partial charge < -0.3 is 0 Å². The number of thiophene rings is 2. The fourth-order valence-electron chi connectivity index (χ4n) is 3.62. The lowest BCUT2D eigenvalue weighted by Crippen LogP contribution is -2.45. The minimum absolute atomic E-state index is 1.20. The number of fused-ring (bicyclic) bond motifs is 2. The highest BCUT2D eigenvalue weighted by atomic mass is 32.1. The fraction of sp³-hybridized carbons (Fsp3) is 0.273. The molecule has 0 N–H and O–H groups in total. The Labute approximate surface area is 160 Å². The maximum Gasteiger partial charge on any atom is 0.0878 e. The lowest BCUT2D eigenvalue weighted by Gasteiger charge is -2.27. The first-order valence-corrected chi connectivity index (χ1v) is 13.5. The standard InChI is InChI=1S/C14H20SSi.C8H6S/c1-4-16(5-2,6-3)14-11-15-13-10-8-7-9-12(13)14;1-2-4-8-7(3-1)5-6-9-8/h7-11H,4-6H2,1-3H3;1-6H. The van der Waals surface area contributed by atoms with E-state index in [-0.39, 0.29) is 0 Å². The molecule has 0 atom stereocenters. The zero-order valence-corrected chi connectivity index (χ0v) is 17.9. The van der Waals surface area contributed by atoms with Gasteiger partial charge in [-0.1, -0.05) is 75.3 Å². The third kappa shape index (κ3) is 3.74. The predicted molar refractivity (Wildman–Crippen MR) is 120 cm³/mol. The first-order valence-electron chi connectivity index (χ1n) is 9.13. The van der Waals surface area contributed by atoms with E-state index in [1.165, 1.54) is 38.3 Å². The zero-order chi connectivity index (χ0) is 17.7. The molecule has 0 spiro atoms. The van der Waals surface area contributed by atoms with Crippen molar-refractivity contribution >= 4 is 56.1 Å². The van der Waals surface area contributed by atoms with Crippen LogP contribution in [0.3, 0.4) is 0 Å². The van der Waals surface area contributed by atoms with Crippen LogP contribution in [0, 0.1) is 0 Å². The van der Waals surface area contributed by atoms with Crippen LogP contribution < -0.4 is 5.19 Å². The third-order valence-corrected chi connectivity index (χ3v) is 13.1. The fourth-order valence-corrected chi connectivity index (χ4v) is 9.94. The largest absolute Gasteiger partial charge is 0.144 e. The maximum atomic E-state index is 2.44. The zero-order valence-electron chi connectivity index (χ0n) is 15.3. The van der Waals surface area contributed by atoms with Gasteiger partial charge in [-0.05, 0) is 44.9 Å². The Morgan fingerprint density at radius 1 is 0.720 bits per heavy atom. The van der Waals surface area contributed by atoms with Crippen molar-refractivity contribution < 1.29 is 0 Å². The topological polar surface area (TPSA) is 0 Å². The SMILES string of the molecule is CC[Si](CC)(CC)c1csc2ccccc12.c1ccc2sccc2c1. The molecule has 0 aliphatic rings. The quantitative estimate of drug-likeness (QED) is 0.320. The molecule has 0 fully saturated rings. The van der Waals surface area contributed by atoms with E-state index in [1.54, 1.807) is 16.5 Å². The molecular formula is C22H26S2Si. The van der Waals surface area contributed by atoms with Crippen molar-refractivity contribution in [3.05, 3.63) is 65.4 Å². The summed E-state index contributed by atoms with van der Waals surface area (Å²) in [7, 11) is -1.20. The van der Waals surface area contributed by atoms with E-state index in [9.17, 15) is 0 Å². The Morgan fingerprint density at radius 3 is 2.04 bits per heavy atom. The van der Waals surface area contributed by atoms with Crippen LogP contribution in [0.2, 0.25) is 18.1 Å². The smallest absolute Gasteiger partial charge is 0.0878 e. The Balaban J connectivity index is 0.000000170. The number of rotatable bonds is 4. The predicted octanol–water partition coefficient (Wildman–Crippen LogP) is 7.52. The van der Waals surface area contributed by atoms with E-state index in [0.717, 1.165) is 0 Å². The molecule has 0 bridgehead atoms. The molecule has 0 amide bonds. The minimum Gasteiger partial charge on any atom is -0.144 e. The van der Waals surface area contributed by atoms with Gasteiger partial charge in [-0.3, -0.25) is 0 Å². The average molecular weight is 383 g/mol. The van der Waals surface area contributed by atoms with E-state index < -0.39 is 8.07 Å². The van der Waals surface area contributed by atoms with Gasteiger partial charge in [0.2, 0.25) is 0 Å². The van der Waals surface area contributed by atoms with Crippen LogP contribution in [-0.2, 0) is 0 Å². The molecule has 0 radical (unpaired) electrons. The van der Waals surface area contributed by atoms with Crippen LogP contribution in [0.4, 0.5) is 0 Å². The Hall–Kier alpha value is -1.42. The molecule has 3 heteroatoms. The molecule has 25 heavy (non-hydrogen) atoms. The van der Waals surface area contributed by atoms with E-state index in [2.05, 4.69) is 86.1 Å². The van der Waals surface area contributed by atoms with Crippen molar-refractivity contribution in [2.75, 3.05) is 0 Å². The van der Waals surface area contributed by atoms with Gasteiger partial charge in [-0.15, -0.1) is 22.7 Å². The van der Waals surface area contributed by atoms with Crippen LogP contribution >= 0.6 is 22.7 Å². The van der Waals surface area contributed by atoms with Crippen molar-refractivity contribution in [2.45, 2.75) is 38.9 Å². The van der Waals surface area contributed by atoms with Gasteiger partial charge in [0.25, 0.3) is 0 Å². The molecule has 2 aromatic heterocycles. The highest BCUT2D eigenvalue weighted by Gasteiger charge is 2.31. The second kappa shape index (κ2) is 8.30. The van der Waals surface area contributed by atoms with Crippen molar-refractivity contribution in [3.8, 4) is 0 Å². The highest BCUT2D eigenvalue weighted by Crippen LogP contribution is 2.28. The summed E-state index contributed by atoms with van der Waals surface area (Å²) < 4.78 is 2.84. The third-order valence-electron chi connectivity index (χ3n) is 5.44. The van der Waals surface area contributed by atoms with E-state index in [1.807, 2.05) is 11.3 Å². The molecule has 0 nitrogen and oxygen atoms in total. The van der Waals surface area contributed by atoms with Gasteiger partial charge in [-0.25, -0.2) is 0 Å². The molecule has 4 rings (SSSR count). The van der Waals surface area contributed by atoms with Crippen molar-refractivity contribution in [1.29, 1.82) is 0 Å². The Kier molecular flexibility index (Phi) is 6.10. The summed E-state index contributed by atoms with van der Waals surface area (Å²) in [5.41, 5.74) is 0. The summed E-state index contributed by atoms with van der Waals surface area (Å²) in [6.45, 7) is 7.14. The molecule has 4 aromatic rings.